The van der Waals surface area contributed by atoms with E-state index in [-0.39, 0.29) is 5.22 Å². The minimum absolute atomic E-state index is 0.288. The Kier molecular flexibility index (Phi) is 2.41. The predicted molar refractivity (Wildman–Crippen MR) is 53.5 cm³/mol. The summed E-state index contributed by atoms with van der Waals surface area (Å²) in [6, 6.07) is 9.18. The molecule has 4 heteroatoms. The molecule has 0 amide bonds. The van der Waals surface area contributed by atoms with Gasteiger partial charge in [0.25, 0.3) is 0 Å². The molecule has 0 bridgehead atoms. The van der Waals surface area contributed by atoms with Gasteiger partial charge in [-0.05, 0) is 35.9 Å². The maximum absolute atomic E-state index is 5.61. The maximum Gasteiger partial charge on any atom is 0.226 e. The first kappa shape index (κ1) is 9.09. The van der Waals surface area contributed by atoms with Crippen LogP contribution in [0.2, 0.25) is 5.22 Å². The van der Waals surface area contributed by atoms with E-state index < -0.39 is 0 Å². The summed E-state index contributed by atoms with van der Waals surface area (Å²) in [4.78, 5) is 0. The molecule has 14 heavy (non-hydrogen) atoms. The number of aromatic nitrogens is 1. The van der Waals surface area contributed by atoms with Crippen molar-refractivity contribution >= 4 is 11.6 Å². The molecule has 0 atom stereocenters. The molecular formula is C10H8ClNO2. The number of rotatable bonds is 2. The molecule has 72 valence electrons. The third kappa shape index (κ3) is 1.72. The fourth-order valence-corrected chi connectivity index (χ4v) is 1.29. The van der Waals surface area contributed by atoms with E-state index in [0.717, 1.165) is 17.0 Å². The van der Waals surface area contributed by atoms with Crippen molar-refractivity contribution in [3.05, 3.63) is 35.6 Å². The summed E-state index contributed by atoms with van der Waals surface area (Å²) in [6.07, 6.45) is 0. The second-order valence-corrected chi connectivity index (χ2v) is 3.12. The Morgan fingerprint density at radius 2 is 2.00 bits per heavy atom. The van der Waals surface area contributed by atoms with Crippen molar-refractivity contribution in [2.75, 3.05) is 7.11 Å². The summed E-state index contributed by atoms with van der Waals surface area (Å²) in [5, 5.41) is 4.08. The summed E-state index contributed by atoms with van der Waals surface area (Å²) < 4.78 is 9.80. The van der Waals surface area contributed by atoms with Crippen LogP contribution in [0.3, 0.4) is 0 Å². The lowest BCUT2D eigenvalue weighted by Crippen LogP contribution is -1.82. The zero-order valence-corrected chi connectivity index (χ0v) is 8.28. The minimum atomic E-state index is 0.288. The van der Waals surface area contributed by atoms with Crippen molar-refractivity contribution in [2.45, 2.75) is 0 Å². The molecule has 2 aromatic rings. The molecule has 0 saturated heterocycles. The van der Waals surface area contributed by atoms with Crippen LogP contribution in [0.4, 0.5) is 0 Å². The van der Waals surface area contributed by atoms with Crippen LogP contribution >= 0.6 is 11.6 Å². The average Bonchev–Trinajstić information content (AvgIpc) is 2.65. The summed E-state index contributed by atoms with van der Waals surface area (Å²) in [6.45, 7) is 0. The molecule has 0 aliphatic carbocycles. The molecule has 0 spiro atoms. The lowest BCUT2D eigenvalue weighted by atomic mass is 10.1. The zero-order chi connectivity index (χ0) is 9.97. The van der Waals surface area contributed by atoms with E-state index >= 15 is 0 Å². The first-order chi connectivity index (χ1) is 6.79. The SMILES string of the molecule is COc1ccc(-c2cc(Cl)on2)cc1. The predicted octanol–water partition coefficient (Wildman–Crippen LogP) is 3.00. The zero-order valence-electron chi connectivity index (χ0n) is 7.53. The lowest BCUT2D eigenvalue weighted by molar-refractivity contribution is 0.414. The van der Waals surface area contributed by atoms with Crippen LogP contribution in [-0.4, -0.2) is 12.3 Å². The van der Waals surface area contributed by atoms with Gasteiger partial charge in [0.2, 0.25) is 5.22 Å². The number of halogens is 1. The fraction of sp³-hybridized carbons (Fsp3) is 0.100. The van der Waals surface area contributed by atoms with Gasteiger partial charge in [-0.15, -0.1) is 0 Å². The Labute approximate surface area is 86.2 Å². The monoisotopic (exact) mass is 209 g/mol. The Morgan fingerprint density at radius 3 is 2.50 bits per heavy atom. The van der Waals surface area contributed by atoms with Gasteiger partial charge in [-0.1, -0.05) is 5.16 Å². The van der Waals surface area contributed by atoms with Gasteiger partial charge in [0.1, 0.15) is 11.4 Å². The van der Waals surface area contributed by atoms with Gasteiger partial charge in [0.05, 0.1) is 7.11 Å². The van der Waals surface area contributed by atoms with E-state index in [0.29, 0.717) is 0 Å². The number of ether oxygens (including phenoxy) is 1. The van der Waals surface area contributed by atoms with Crippen LogP contribution < -0.4 is 4.74 Å². The van der Waals surface area contributed by atoms with E-state index in [2.05, 4.69) is 5.16 Å². The second-order valence-electron chi connectivity index (χ2n) is 2.74. The number of hydrogen-bond donors (Lipinski definition) is 0. The van der Waals surface area contributed by atoms with E-state index in [1.165, 1.54) is 0 Å². The molecular weight excluding hydrogens is 202 g/mol. The van der Waals surface area contributed by atoms with E-state index in [1.54, 1.807) is 13.2 Å². The first-order valence-corrected chi connectivity index (χ1v) is 4.44. The second kappa shape index (κ2) is 3.72. The normalized spacial score (nSPS) is 10.1. The Bertz CT molecular complexity index is 422. The number of benzene rings is 1. The van der Waals surface area contributed by atoms with Crippen molar-refractivity contribution in [1.29, 1.82) is 0 Å². The summed E-state index contributed by atoms with van der Waals surface area (Å²) in [5.41, 5.74) is 1.67. The molecule has 0 aliphatic rings. The summed E-state index contributed by atoms with van der Waals surface area (Å²) >= 11 is 5.61. The largest absolute Gasteiger partial charge is 0.497 e. The molecule has 2 rings (SSSR count). The van der Waals surface area contributed by atoms with E-state index in [4.69, 9.17) is 20.9 Å². The molecule has 1 aromatic carbocycles. The molecule has 1 aromatic heterocycles. The highest BCUT2D eigenvalue weighted by Gasteiger charge is 2.04. The molecule has 0 saturated carbocycles. The van der Waals surface area contributed by atoms with Gasteiger partial charge in [-0.2, -0.15) is 0 Å². The van der Waals surface area contributed by atoms with E-state index in [1.807, 2.05) is 24.3 Å². The van der Waals surface area contributed by atoms with E-state index in [9.17, 15) is 0 Å². The Morgan fingerprint density at radius 1 is 1.29 bits per heavy atom. The van der Waals surface area contributed by atoms with Crippen LogP contribution in [0.5, 0.6) is 5.75 Å². The lowest BCUT2D eigenvalue weighted by Gasteiger charge is -1.99. The molecule has 0 fully saturated rings. The smallest absolute Gasteiger partial charge is 0.226 e. The minimum Gasteiger partial charge on any atom is -0.497 e. The number of hydrogen-bond acceptors (Lipinski definition) is 3. The standard InChI is InChI=1S/C10H8ClNO2/c1-13-8-4-2-7(3-5-8)9-6-10(11)14-12-9/h2-6H,1H3. The maximum atomic E-state index is 5.61. The molecule has 0 radical (unpaired) electrons. The molecule has 3 nitrogen and oxygen atoms in total. The highest BCUT2D eigenvalue weighted by Crippen LogP contribution is 2.23. The van der Waals surface area contributed by atoms with Gasteiger partial charge >= 0.3 is 0 Å². The fourth-order valence-electron chi connectivity index (χ4n) is 1.15. The molecule has 0 N–H and O–H groups in total. The van der Waals surface area contributed by atoms with Crippen molar-refractivity contribution in [3.8, 4) is 17.0 Å². The Balaban J connectivity index is 2.33. The number of nitrogens with zero attached hydrogens (tertiary/aromatic N) is 1. The third-order valence-electron chi connectivity index (χ3n) is 1.87. The Hall–Kier alpha value is -1.48. The first-order valence-electron chi connectivity index (χ1n) is 4.06. The average molecular weight is 210 g/mol. The van der Waals surface area contributed by atoms with Crippen LogP contribution in [-0.2, 0) is 0 Å². The van der Waals surface area contributed by atoms with Crippen LogP contribution in [0.25, 0.3) is 11.3 Å². The van der Waals surface area contributed by atoms with Gasteiger partial charge < -0.3 is 9.26 Å². The van der Waals surface area contributed by atoms with Crippen molar-refractivity contribution < 1.29 is 9.26 Å². The highest BCUT2D eigenvalue weighted by molar-refractivity contribution is 6.29. The molecule has 0 unspecified atom stereocenters. The third-order valence-corrected chi connectivity index (χ3v) is 2.05. The summed E-state index contributed by atoms with van der Waals surface area (Å²) in [7, 11) is 1.63. The van der Waals surface area contributed by atoms with Crippen LogP contribution in [0.1, 0.15) is 0 Å². The van der Waals surface area contributed by atoms with Crippen LogP contribution in [0, 0.1) is 0 Å². The van der Waals surface area contributed by atoms with Crippen molar-refractivity contribution in [3.63, 3.8) is 0 Å². The van der Waals surface area contributed by atoms with Gasteiger partial charge in [-0.25, -0.2) is 0 Å². The number of methoxy groups -OCH3 is 1. The molecule has 1 heterocycles. The van der Waals surface area contributed by atoms with Crippen molar-refractivity contribution in [1.82, 2.24) is 5.16 Å². The van der Waals surface area contributed by atoms with Gasteiger partial charge in [0.15, 0.2) is 0 Å². The summed E-state index contributed by atoms with van der Waals surface area (Å²) in [5.74, 6) is 0.809. The quantitative estimate of drug-likeness (QED) is 0.763. The highest BCUT2D eigenvalue weighted by atomic mass is 35.5. The van der Waals surface area contributed by atoms with Crippen molar-refractivity contribution in [2.24, 2.45) is 0 Å². The molecule has 0 aliphatic heterocycles. The van der Waals surface area contributed by atoms with Crippen LogP contribution in [0.15, 0.2) is 34.9 Å². The van der Waals surface area contributed by atoms with Gasteiger partial charge in [0, 0.05) is 11.6 Å². The topological polar surface area (TPSA) is 35.3 Å². The van der Waals surface area contributed by atoms with Gasteiger partial charge in [-0.3, -0.25) is 0 Å².